The Morgan fingerprint density at radius 1 is 1.29 bits per heavy atom. The molecule has 1 N–H and O–H groups in total. The SMILES string of the molecule is N#Cc1cnc2cccc(N[C@H]3CCN(CC(=O)N4CCCC4C#N)C3)c2c1. The van der Waals surface area contributed by atoms with Gasteiger partial charge in [-0.15, -0.1) is 0 Å². The monoisotopic (exact) mass is 374 g/mol. The number of rotatable bonds is 4. The van der Waals surface area contributed by atoms with Gasteiger partial charge >= 0.3 is 0 Å². The molecule has 2 aliphatic rings. The highest BCUT2D eigenvalue weighted by molar-refractivity contribution is 5.92. The van der Waals surface area contributed by atoms with Crippen LogP contribution < -0.4 is 5.32 Å². The topological polar surface area (TPSA) is 96.1 Å². The summed E-state index contributed by atoms with van der Waals surface area (Å²) in [5, 5.41) is 22.8. The molecule has 0 saturated carbocycles. The first-order valence-corrected chi connectivity index (χ1v) is 9.65. The molecule has 2 aromatic rings. The van der Waals surface area contributed by atoms with Gasteiger partial charge in [0, 0.05) is 42.9 Å². The Bertz CT molecular complexity index is 975. The number of pyridine rings is 1. The maximum atomic E-state index is 12.6. The smallest absolute Gasteiger partial charge is 0.237 e. The van der Waals surface area contributed by atoms with Crippen molar-refractivity contribution < 1.29 is 4.79 Å². The molecule has 0 bridgehead atoms. The first kappa shape index (κ1) is 18.2. The van der Waals surface area contributed by atoms with Crippen molar-refractivity contribution in [1.29, 1.82) is 10.5 Å². The average Bonchev–Trinajstić information content (AvgIpc) is 3.37. The van der Waals surface area contributed by atoms with E-state index in [1.54, 1.807) is 11.1 Å². The summed E-state index contributed by atoms with van der Waals surface area (Å²) in [6, 6.07) is 12.1. The van der Waals surface area contributed by atoms with Gasteiger partial charge in [-0.25, -0.2) is 0 Å². The summed E-state index contributed by atoms with van der Waals surface area (Å²) in [5.41, 5.74) is 2.35. The number of nitrogens with one attached hydrogen (secondary N) is 1. The summed E-state index contributed by atoms with van der Waals surface area (Å²) in [5.74, 6) is 0.0534. The molecule has 2 saturated heterocycles. The largest absolute Gasteiger partial charge is 0.380 e. The molecule has 3 heterocycles. The molecule has 28 heavy (non-hydrogen) atoms. The van der Waals surface area contributed by atoms with E-state index in [9.17, 15) is 10.1 Å². The number of nitrogens with zero attached hydrogens (tertiary/aromatic N) is 5. The number of benzene rings is 1. The highest BCUT2D eigenvalue weighted by atomic mass is 16.2. The van der Waals surface area contributed by atoms with Crippen LogP contribution in [0.15, 0.2) is 30.5 Å². The zero-order chi connectivity index (χ0) is 19.5. The highest BCUT2D eigenvalue weighted by Crippen LogP contribution is 2.25. The second-order valence-electron chi connectivity index (χ2n) is 7.45. The molecule has 142 valence electrons. The highest BCUT2D eigenvalue weighted by Gasteiger charge is 2.31. The molecule has 0 spiro atoms. The molecule has 2 aliphatic heterocycles. The molecule has 7 nitrogen and oxygen atoms in total. The molecule has 0 radical (unpaired) electrons. The van der Waals surface area contributed by atoms with Crippen molar-refractivity contribution in [2.45, 2.75) is 31.3 Å². The number of amides is 1. The minimum atomic E-state index is -0.262. The fraction of sp³-hybridized carbons (Fsp3) is 0.429. The molecule has 2 fully saturated rings. The summed E-state index contributed by atoms with van der Waals surface area (Å²) < 4.78 is 0. The summed E-state index contributed by atoms with van der Waals surface area (Å²) >= 11 is 0. The Kier molecular flexibility index (Phi) is 5.10. The molecule has 2 atom stereocenters. The van der Waals surface area contributed by atoms with Gasteiger partial charge in [0.05, 0.1) is 23.7 Å². The quantitative estimate of drug-likeness (QED) is 0.880. The number of carbonyl (C=O) groups is 1. The van der Waals surface area contributed by atoms with E-state index in [1.165, 1.54) is 0 Å². The van der Waals surface area contributed by atoms with Crippen LogP contribution in [0.5, 0.6) is 0 Å². The Hall–Kier alpha value is -3.16. The average molecular weight is 374 g/mol. The number of hydrogen-bond acceptors (Lipinski definition) is 6. The molecule has 4 rings (SSSR count). The number of nitriles is 2. The van der Waals surface area contributed by atoms with Crippen LogP contribution in [0.3, 0.4) is 0 Å². The zero-order valence-electron chi connectivity index (χ0n) is 15.6. The van der Waals surface area contributed by atoms with Gasteiger partial charge in [0.15, 0.2) is 0 Å². The third-order valence-corrected chi connectivity index (χ3v) is 5.57. The second-order valence-corrected chi connectivity index (χ2v) is 7.45. The van der Waals surface area contributed by atoms with Crippen LogP contribution in [0.1, 0.15) is 24.8 Å². The number of hydrogen-bond donors (Lipinski definition) is 1. The van der Waals surface area contributed by atoms with Crippen molar-refractivity contribution in [2.75, 3.05) is 31.5 Å². The van der Waals surface area contributed by atoms with Crippen LogP contribution >= 0.6 is 0 Å². The van der Waals surface area contributed by atoms with Gasteiger partial charge in [-0.05, 0) is 37.5 Å². The number of aromatic nitrogens is 1. The van der Waals surface area contributed by atoms with Gasteiger partial charge in [-0.1, -0.05) is 6.07 Å². The third kappa shape index (κ3) is 3.62. The molecule has 0 aliphatic carbocycles. The van der Waals surface area contributed by atoms with Crippen LogP contribution in [0.25, 0.3) is 10.9 Å². The predicted molar refractivity (Wildman–Crippen MR) is 105 cm³/mol. The lowest BCUT2D eigenvalue weighted by molar-refractivity contribution is -0.132. The van der Waals surface area contributed by atoms with E-state index in [0.29, 0.717) is 18.7 Å². The Balaban J connectivity index is 1.40. The molecular formula is C21H22N6O. The van der Waals surface area contributed by atoms with Crippen molar-refractivity contribution in [1.82, 2.24) is 14.8 Å². The summed E-state index contributed by atoms with van der Waals surface area (Å²) in [6.07, 6.45) is 4.22. The van der Waals surface area contributed by atoms with Crippen LogP contribution in [-0.2, 0) is 4.79 Å². The van der Waals surface area contributed by atoms with Crippen LogP contribution in [-0.4, -0.2) is 59.0 Å². The Morgan fingerprint density at radius 2 is 2.18 bits per heavy atom. The van der Waals surface area contributed by atoms with E-state index >= 15 is 0 Å². The standard InChI is InChI=1S/C21H22N6O/c22-10-15-9-18-19(24-12-15)4-1-5-20(18)25-16-6-8-26(13-16)14-21(28)27-7-2-3-17(27)11-23/h1,4-5,9,12,16-17,25H,2-3,6-8,13-14H2/t16-,17?/m0/s1. The van der Waals surface area contributed by atoms with Crippen molar-refractivity contribution in [3.8, 4) is 12.1 Å². The maximum Gasteiger partial charge on any atom is 0.237 e. The van der Waals surface area contributed by atoms with E-state index in [2.05, 4.69) is 27.3 Å². The second kappa shape index (κ2) is 7.84. The number of carbonyl (C=O) groups excluding carboxylic acids is 1. The van der Waals surface area contributed by atoms with Gasteiger partial charge in [-0.2, -0.15) is 10.5 Å². The molecule has 1 aromatic heterocycles. The van der Waals surface area contributed by atoms with Crippen LogP contribution in [0, 0.1) is 22.7 Å². The van der Waals surface area contributed by atoms with E-state index in [1.807, 2.05) is 24.3 Å². The van der Waals surface area contributed by atoms with E-state index in [4.69, 9.17) is 5.26 Å². The lowest BCUT2D eigenvalue weighted by atomic mass is 10.1. The number of anilines is 1. The van der Waals surface area contributed by atoms with E-state index in [-0.39, 0.29) is 18.0 Å². The van der Waals surface area contributed by atoms with Crippen molar-refractivity contribution >= 4 is 22.5 Å². The van der Waals surface area contributed by atoms with Crippen molar-refractivity contribution in [3.63, 3.8) is 0 Å². The molecular weight excluding hydrogens is 352 g/mol. The number of likely N-dealkylation sites (tertiary alicyclic amines) is 2. The zero-order valence-corrected chi connectivity index (χ0v) is 15.6. The predicted octanol–water partition coefficient (Wildman–Crippen LogP) is 2.11. The van der Waals surface area contributed by atoms with Crippen LogP contribution in [0.4, 0.5) is 5.69 Å². The normalized spacial score (nSPS) is 22.1. The van der Waals surface area contributed by atoms with Gasteiger partial charge < -0.3 is 10.2 Å². The van der Waals surface area contributed by atoms with E-state index < -0.39 is 0 Å². The number of fused-ring (bicyclic) bond motifs is 1. The van der Waals surface area contributed by atoms with E-state index in [0.717, 1.165) is 48.9 Å². The van der Waals surface area contributed by atoms with Crippen molar-refractivity contribution in [2.24, 2.45) is 0 Å². The van der Waals surface area contributed by atoms with Gasteiger partial charge in [-0.3, -0.25) is 14.7 Å². The molecule has 7 heteroatoms. The summed E-state index contributed by atoms with van der Waals surface area (Å²) in [4.78, 5) is 20.8. The Labute approximate surface area is 164 Å². The Morgan fingerprint density at radius 3 is 3.00 bits per heavy atom. The van der Waals surface area contributed by atoms with Crippen LogP contribution in [0.2, 0.25) is 0 Å². The first-order chi connectivity index (χ1) is 13.7. The minimum Gasteiger partial charge on any atom is -0.380 e. The molecule has 1 amide bonds. The fourth-order valence-electron chi connectivity index (χ4n) is 4.13. The summed E-state index contributed by atoms with van der Waals surface area (Å²) in [7, 11) is 0. The van der Waals surface area contributed by atoms with Gasteiger partial charge in [0.1, 0.15) is 12.1 Å². The van der Waals surface area contributed by atoms with Gasteiger partial charge in [0.2, 0.25) is 5.91 Å². The lowest BCUT2D eigenvalue weighted by Gasteiger charge is -2.23. The van der Waals surface area contributed by atoms with Gasteiger partial charge in [0.25, 0.3) is 0 Å². The third-order valence-electron chi connectivity index (χ3n) is 5.57. The first-order valence-electron chi connectivity index (χ1n) is 9.65. The molecule has 1 unspecified atom stereocenters. The molecule has 1 aromatic carbocycles. The van der Waals surface area contributed by atoms with Crippen molar-refractivity contribution in [3.05, 3.63) is 36.0 Å². The lowest BCUT2D eigenvalue weighted by Crippen LogP contribution is -2.42. The fourth-order valence-corrected chi connectivity index (χ4v) is 4.13. The summed E-state index contributed by atoms with van der Waals surface area (Å²) in [6.45, 7) is 2.68. The minimum absolute atomic E-state index is 0.0534. The maximum absolute atomic E-state index is 12.6.